The van der Waals surface area contributed by atoms with Gasteiger partial charge in [-0.2, -0.15) is 0 Å². The van der Waals surface area contributed by atoms with E-state index in [0.717, 1.165) is 17.0 Å². The minimum atomic E-state index is 0.307. The van der Waals surface area contributed by atoms with Crippen molar-refractivity contribution in [2.75, 3.05) is 0 Å². The fourth-order valence-corrected chi connectivity index (χ4v) is 9.84. The van der Waals surface area contributed by atoms with Gasteiger partial charge in [-0.25, -0.2) is 0 Å². The van der Waals surface area contributed by atoms with E-state index in [-0.39, 0.29) is 0 Å². The van der Waals surface area contributed by atoms with Crippen molar-refractivity contribution in [3.8, 4) is 0 Å². The predicted octanol–water partition coefficient (Wildman–Crippen LogP) is 6.68. The maximum atomic E-state index is 6.37. The van der Waals surface area contributed by atoms with Crippen molar-refractivity contribution in [3.63, 3.8) is 0 Å². The molecule has 0 radical (unpaired) electrons. The van der Waals surface area contributed by atoms with E-state index < -0.39 is 0 Å². The van der Waals surface area contributed by atoms with Crippen LogP contribution in [0.2, 0.25) is 0 Å². The molecule has 0 atom stereocenters. The van der Waals surface area contributed by atoms with E-state index in [1.54, 1.807) is 25.7 Å². The summed E-state index contributed by atoms with van der Waals surface area (Å²) in [5, 5.41) is 0.501. The fourth-order valence-electron chi connectivity index (χ4n) is 4.99. The summed E-state index contributed by atoms with van der Waals surface area (Å²) < 4.78 is 0. The molecule has 0 unspecified atom stereocenters. The summed E-state index contributed by atoms with van der Waals surface area (Å²) in [6.45, 7) is 0. The highest BCUT2D eigenvalue weighted by atomic mass is 35.5. The monoisotopic (exact) mass is 314 g/mol. The second kappa shape index (κ2) is 7.82. The highest BCUT2D eigenvalue weighted by Gasteiger charge is 2.37. The van der Waals surface area contributed by atoms with E-state index in [0.29, 0.717) is 13.3 Å². The molecule has 20 heavy (non-hydrogen) atoms. The predicted molar refractivity (Wildman–Crippen MR) is 92.6 cm³/mol. The molecule has 3 rings (SSSR count). The minimum absolute atomic E-state index is 0.307. The Morgan fingerprint density at radius 1 is 0.500 bits per heavy atom. The number of halogens is 1. The molecule has 0 amide bonds. The van der Waals surface area contributed by atoms with Gasteiger partial charge in [0.25, 0.3) is 0 Å². The molecule has 0 aliphatic heterocycles. The summed E-state index contributed by atoms with van der Waals surface area (Å²) in [5.74, 6) is 0. The zero-order valence-electron chi connectivity index (χ0n) is 13.0. The zero-order valence-corrected chi connectivity index (χ0v) is 14.7. The van der Waals surface area contributed by atoms with Gasteiger partial charge < -0.3 is 0 Å². The lowest BCUT2D eigenvalue weighted by Gasteiger charge is -2.45. The molecule has 0 N–H and O–H groups in total. The molecule has 0 saturated heterocycles. The number of hydrogen-bond acceptors (Lipinski definition) is 0. The lowest BCUT2D eigenvalue weighted by Crippen LogP contribution is -2.29. The molecule has 3 fully saturated rings. The summed E-state index contributed by atoms with van der Waals surface area (Å²) in [5.41, 5.74) is 3.36. The van der Waals surface area contributed by atoms with E-state index in [9.17, 15) is 0 Å². The second-order valence-corrected chi connectivity index (χ2v) is 11.1. The molecule has 3 aliphatic rings. The molecule has 0 bridgehead atoms. The van der Waals surface area contributed by atoms with Gasteiger partial charge in [0.2, 0.25) is 0 Å². The Balaban J connectivity index is 1.68. The Kier molecular flexibility index (Phi) is 6.11. The van der Waals surface area contributed by atoms with Crippen LogP contribution in [0.1, 0.15) is 89.9 Å². The third-order valence-electron chi connectivity index (χ3n) is 6.04. The van der Waals surface area contributed by atoms with Crippen LogP contribution in [0.3, 0.4) is 0 Å². The average molecular weight is 315 g/mol. The van der Waals surface area contributed by atoms with Crippen LogP contribution in [0, 0.1) is 0 Å². The molecule has 0 aromatic heterocycles. The van der Waals surface area contributed by atoms with Gasteiger partial charge >= 0.3 is 0 Å². The lowest BCUT2D eigenvalue weighted by molar-refractivity contribution is 0.462. The first kappa shape index (κ1) is 15.6. The first-order valence-electron chi connectivity index (χ1n) is 9.26. The van der Waals surface area contributed by atoms with Crippen LogP contribution in [-0.4, -0.2) is 22.4 Å². The molecule has 0 nitrogen and oxygen atoms in total. The maximum Gasteiger partial charge on any atom is 0.0336 e. The Labute approximate surface area is 132 Å². The van der Waals surface area contributed by atoms with Crippen LogP contribution in [0.4, 0.5) is 0 Å². The normalized spacial score (nSPS) is 34.5. The van der Waals surface area contributed by atoms with E-state index in [2.05, 4.69) is 0 Å². The van der Waals surface area contributed by atoms with Crippen molar-refractivity contribution in [1.82, 2.24) is 0 Å². The summed E-state index contributed by atoms with van der Waals surface area (Å²) in [6, 6.07) is 0. The van der Waals surface area contributed by atoms with Gasteiger partial charge in [-0.1, -0.05) is 46.4 Å². The van der Waals surface area contributed by atoms with Crippen LogP contribution in [0.25, 0.3) is 0 Å². The van der Waals surface area contributed by atoms with Crippen LogP contribution < -0.4 is 0 Å². The molecule has 3 aliphatic carbocycles. The van der Waals surface area contributed by atoms with Gasteiger partial charge in [0.1, 0.15) is 0 Å². The smallest absolute Gasteiger partial charge is 0.0336 e. The third kappa shape index (κ3) is 3.92. The molecule has 0 aromatic rings. The van der Waals surface area contributed by atoms with E-state index in [1.807, 2.05) is 0 Å². The summed E-state index contributed by atoms with van der Waals surface area (Å²) in [4.78, 5) is 0. The van der Waals surface area contributed by atoms with Crippen LogP contribution in [0.5, 0.6) is 0 Å². The van der Waals surface area contributed by atoms with Gasteiger partial charge in [0.05, 0.1) is 0 Å². The summed E-state index contributed by atoms with van der Waals surface area (Å²) in [6.07, 6.45) is 21.0. The van der Waals surface area contributed by atoms with Crippen molar-refractivity contribution < 1.29 is 0 Å². The van der Waals surface area contributed by atoms with E-state index >= 15 is 0 Å². The molecular formula is C18H32ClP. The second-order valence-electron chi connectivity index (χ2n) is 7.44. The summed E-state index contributed by atoms with van der Waals surface area (Å²) in [7, 11) is 0.307. The highest BCUT2D eigenvalue weighted by Crippen LogP contribution is 2.61. The number of alkyl halides is 1. The fraction of sp³-hybridized carbons (Fsp3) is 1.00. The van der Waals surface area contributed by atoms with Crippen molar-refractivity contribution in [1.29, 1.82) is 0 Å². The maximum absolute atomic E-state index is 6.37. The Morgan fingerprint density at radius 2 is 0.900 bits per heavy atom. The first-order valence-corrected chi connectivity index (χ1v) is 11.2. The topological polar surface area (TPSA) is 0 Å². The SMILES string of the molecule is ClC1CCC(P(C2CCCCC2)C2CCCCC2)CC1. The molecule has 2 heteroatoms. The van der Waals surface area contributed by atoms with E-state index in [1.165, 1.54) is 64.2 Å². The highest BCUT2D eigenvalue weighted by molar-refractivity contribution is 7.60. The average Bonchev–Trinajstić information content (AvgIpc) is 2.52. The van der Waals surface area contributed by atoms with Crippen LogP contribution in [0.15, 0.2) is 0 Å². The number of hydrogen-bond donors (Lipinski definition) is 0. The molecule has 0 heterocycles. The van der Waals surface area contributed by atoms with Gasteiger partial charge in [-0.3, -0.25) is 0 Å². The van der Waals surface area contributed by atoms with Crippen LogP contribution >= 0.6 is 19.5 Å². The molecule has 116 valence electrons. The van der Waals surface area contributed by atoms with Gasteiger partial charge in [-0.15, -0.1) is 11.6 Å². The van der Waals surface area contributed by atoms with Gasteiger partial charge in [0, 0.05) is 5.38 Å². The number of rotatable bonds is 3. The molecule has 3 saturated carbocycles. The van der Waals surface area contributed by atoms with Crippen molar-refractivity contribution in [2.45, 2.75) is 112 Å². The standard InChI is InChI=1S/C18H32ClP/c19-15-11-13-18(14-12-15)20(16-7-3-1-4-8-16)17-9-5-2-6-10-17/h15-18H,1-14H2. The van der Waals surface area contributed by atoms with Crippen molar-refractivity contribution in [3.05, 3.63) is 0 Å². The van der Waals surface area contributed by atoms with Crippen LogP contribution in [-0.2, 0) is 0 Å². The van der Waals surface area contributed by atoms with Crippen molar-refractivity contribution in [2.24, 2.45) is 0 Å². The molecule has 0 spiro atoms. The summed E-state index contributed by atoms with van der Waals surface area (Å²) >= 11 is 6.37. The third-order valence-corrected chi connectivity index (χ3v) is 10.6. The Bertz CT molecular complexity index is 255. The minimum Gasteiger partial charge on any atom is -0.123 e. The van der Waals surface area contributed by atoms with Crippen molar-refractivity contribution >= 4 is 19.5 Å². The molecule has 0 aromatic carbocycles. The largest absolute Gasteiger partial charge is 0.123 e. The van der Waals surface area contributed by atoms with Gasteiger partial charge in [0.15, 0.2) is 0 Å². The first-order chi connectivity index (χ1) is 9.84. The Hall–Kier alpha value is 0.720. The van der Waals surface area contributed by atoms with E-state index in [4.69, 9.17) is 11.6 Å². The quantitative estimate of drug-likeness (QED) is 0.402. The lowest BCUT2D eigenvalue weighted by atomic mass is 9.98. The van der Waals surface area contributed by atoms with Gasteiger partial charge in [-0.05, 0) is 68.3 Å². The zero-order chi connectivity index (χ0) is 13.8. The molecular weight excluding hydrogens is 283 g/mol. The Morgan fingerprint density at radius 3 is 1.35 bits per heavy atom.